The zero-order valence-electron chi connectivity index (χ0n) is 10.3. The molecular formula is C13H21NO. The highest BCUT2D eigenvalue weighted by atomic mass is 16.3. The quantitative estimate of drug-likeness (QED) is 0.823. The zero-order chi connectivity index (χ0) is 11.6. The number of rotatable bonds is 3. The number of benzene rings is 1. The van der Waals surface area contributed by atoms with E-state index in [9.17, 15) is 5.11 Å². The van der Waals surface area contributed by atoms with Crippen molar-refractivity contribution in [2.45, 2.75) is 26.4 Å². The smallest absolute Gasteiger partial charge is 0.0911 e. The SMILES string of the molecule is CC(C)[C@](C)(O)c1ccccc1N(C)C. The summed E-state index contributed by atoms with van der Waals surface area (Å²) in [5, 5.41) is 10.5. The van der Waals surface area contributed by atoms with Gasteiger partial charge < -0.3 is 10.0 Å². The van der Waals surface area contributed by atoms with E-state index >= 15 is 0 Å². The highest BCUT2D eigenvalue weighted by Gasteiger charge is 2.29. The lowest BCUT2D eigenvalue weighted by Crippen LogP contribution is -2.30. The van der Waals surface area contributed by atoms with Gasteiger partial charge in [0, 0.05) is 25.3 Å². The fourth-order valence-electron chi connectivity index (χ4n) is 1.60. The third kappa shape index (κ3) is 2.32. The number of para-hydroxylation sites is 1. The monoisotopic (exact) mass is 207 g/mol. The number of aliphatic hydroxyl groups is 1. The molecule has 1 aromatic rings. The first-order chi connectivity index (χ1) is 6.87. The Morgan fingerprint density at radius 1 is 1.20 bits per heavy atom. The van der Waals surface area contributed by atoms with E-state index in [0.29, 0.717) is 0 Å². The molecule has 0 saturated carbocycles. The average molecular weight is 207 g/mol. The minimum atomic E-state index is -0.777. The van der Waals surface area contributed by atoms with Crippen molar-refractivity contribution in [3.63, 3.8) is 0 Å². The fourth-order valence-corrected chi connectivity index (χ4v) is 1.60. The van der Waals surface area contributed by atoms with Gasteiger partial charge >= 0.3 is 0 Å². The summed E-state index contributed by atoms with van der Waals surface area (Å²) >= 11 is 0. The van der Waals surface area contributed by atoms with Crippen molar-refractivity contribution in [2.75, 3.05) is 19.0 Å². The van der Waals surface area contributed by atoms with Gasteiger partial charge in [-0.05, 0) is 18.9 Å². The number of hydrogen-bond donors (Lipinski definition) is 1. The van der Waals surface area contributed by atoms with Crippen LogP contribution in [0.1, 0.15) is 26.3 Å². The van der Waals surface area contributed by atoms with Crippen LogP contribution in [-0.4, -0.2) is 19.2 Å². The number of hydrogen-bond acceptors (Lipinski definition) is 2. The molecule has 2 nitrogen and oxygen atoms in total. The average Bonchev–Trinajstić information content (AvgIpc) is 2.17. The van der Waals surface area contributed by atoms with Crippen LogP contribution in [0.15, 0.2) is 24.3 Å². The van der Waals surface area contributed by atoms with Crippen molar-refractivity contribution < 1.29 is 5.11 Å². The van der Waals surface area contributed by atoms with Gasteiger partial charge in [0.1, 0.15) is 0 Å². The Hall–Kier alpha value is -1.02. The molecule has 0 aromatic heterocycles. The number of anilines is 1. The second-order valence-electron chi connectivity index (χ2n) is 4.71. The molecule has 15 heavy (non-hydrogen) atoms. The van der Waals surface area contributed by atoms with Crippen LogP contribution in [0.4, 0.5) is 5.69 Å². The van der Waals surface area contributed by atoms with Crippen LogP contribution in [0.5, 0.6) is 0 Å². The first kappa shape index (κ1) is 12.1. The lowest BCUT2D eigenvalue weighted by Gasteiger charge is -2.32. The van der Waals surface area contributed by atoms with E-state index in [1.54, 1.807) is 0 Å². The summed E-state index contributed by atoms with van der Waals surface area (Å²) in [6.45, 7) is 5.94. The summed E-state index contributed by atoms with van der Waals surface area (Å²) < 4.78 is 0. The standard InChI is InChI=1S/C13H21NO/c1-10(2)13(3,15)11-8-6-7-9-12(11)14(4)5/h6-10,15H,1-5H3/t13-/m0/s1. The van der Waals surface area contributed by atoms with E-state index in [2.05, 4.69) is 0 Å². The molecule has 0 heterocycles. The molecule has 1 aromatic carbocycles. The third-order valence-corrected chi connectivity index (χ3v) is 3.06. The Kier molecular flexibility index (Phi) is 3.40. The molecule has 0 unspecified atom stereocenters. The molecule has 0 aliphatic rings. The van der Waals surface area contributed by atoms with Gasteiger partial charge in [-0.1, -0.05) is 32.0 Å². The maximum Gasteiger partial charge on any atom is 0.0911 e. The highest BCUT2D eigenvalue weighted by Crippen LogP contribution is 2.34. The van der Waals surface area contributed by atoms with E-state index in [1.165, 1.54) is 0 Å². The van der Waals surface area contributed by atoms with Crippen molar-refractivity contribution in [2.24, 2.45) is 5.92 Å². The second-order valence-corrected chi connectivity index (χ2v) is 4.71. The third-order valence-electron chi connectivity index (χ3n) is 3.06. The first-order valence-corrected chi connectivity index (χ1v) is 5.36. The first-order valence-electron chi connectivity index (χ1n) is 5.36. The normalized spacial score (nSPS) is 15.1. The van der Waals surface area contributed by atoms with Crippen LogP contribution in [0.25, 0.3) is 0 Å². The fraction of sp³-hybridized carbons (Fsp3) is 0.538. The molecule has 0 saturated heterocycles. The van der Waals surface area contributed by atoms with Gasteiger partial charge in [0.05, 0.1) is 5.60 Å². The van der Waals surface area contributed by atoms with Gasteiger partial charge in [-0.15, -0.1) is 0 Å². The van der Waals surface area contributed by atoms with Crippen molar-refractivity contribution in [1.82, 2.24) is 0 Å². The largest absolute Gasteiger partial charge is 0.385 e. The summed E-state index contributed by atoms with van der Waals surface area (Å²) in [5.41, 5.74) is 1.29. The molecule has 0 aliphatic carbocycles. The molecule has 84 valence electrons. The van der Waals surface area contributed by atoms with Gasteiger partial charge in [0.25, 0.3) is 0 Å². The molecule has 2 heteroatoms. The number of nitrogens with zero attached hydrogens (tertiary/aromatic N) is 1. The van der Waals surface area contributed by atoms with Crippen molar-refractivity contribution >= 4 is 5.69 Å². The van der Waals surface area contributed by atoms with Crippen LogP contribution >= 0.6 is 0 Å². The van der Waals surface area contributed by atoms with Gasteiger partial charge in [-0.25, -0.2) is 0 Å². The zero-order valence-corrected chi connectivity index (χ0v) is 10.3. The summed E-state index contributed by atoms with van der Waals surface area (Å²) in [4.78, 5) is 2.03. The van der Waals surface area contributed by atoms with Crippen LogP contribution < -0.4 is 4.90 Å². The van der Waals surface area contributed by atoms with Crippen LogP contribution in [-0.2, 0) is 5.60 Å². The lowest BCUT2D eigenvalue weighted by atomic mass is 9.84. The minimum Gasteiger partial charge on any atom is -0.385 e. The van der Waals surface area contributed by atoms with E-state index in [0.717, 1.165) is 11.3 Å². The Morgan fingerprint density at radius 3 is 2.20 bits per heavy atom. The van der Waals surface area contributed by atoms with Crippen LogP contribution in [0, 0.1) is 5.92 Å². The van der Waals surface area contributed by atoms with Gasteiger partial charge in [-0.2, -0.15) is 0 Å². The van der Waals surface area contributed by atoms with Crippen LogP contribution in [0.2, 0.25) is 0 Å². The molecule has 0 amide bonds. The topological polar surface area (TPSA) is 23.5 Å². The summed E-state index contributed by atoms with van der Waals surface area (Å²) in [6.07, 6.45) is 0. The molecule has 0 fully saturated rings. The molecule has 0 spiro atoms. The summed E-state index contributed by atoms with van der Waals surface area (Å²) in [5.74, 6) is 0.193. The lowest BCUT2D eigenvalue weighted by molar-refractivity contribution is 0.00955. The molecule has 0 bridgehead atoms. The second kappa shape index (κ2) is 4.23. The van der Waals surface area contributed by atoms with Crippen molar-refractivity contribution in [1.29, 1.82) is 0 Å². The highest BCUT2D eigenvalue weighted by molar-refractivity contribution is 5.54. The van der Waals surface area contributed by atoms with E-state index in [1.807, 2.05) is 64.0 Å². The maximum atomic E-state index is 10.5. The van der Waals surface area contributed by atoms with Gasteiger partial charge in [-0.3, -0.25) is 0 Å². The van der Waals surface area contributed by atoms with Gasteiger partial charge in [0.15, 0.2) is 0 Å². The Balaban J connectivity index is 3.24. The van der Waals surface area contributed by atoms with E-state index in [-0.39, 0.29) is 5.92 Å². The van der Waals surface area contributed by atoms with E-state index in [4.69, 9.17) is 0 Å². The predicted octanol–water partition coefficient (Wildman–Crippen LogP) is 2.62. The van der Waals surface area contributed by atoms with Gasteiger partial charge in [0.2, 0.25) is 0 Å². The molecule has 1 atom stereocenters. The van der Waals surface area contributed by atoms with Crippen LogP contribution in [0.3, 0.4) is 0 Å². The molecule has 1 rings (SSSR count). The molecule has 0 aliphatic heterocycles. The predicted molar refractivity (Wildman–Crippen MR) is 65.2 cm³/mol. The van der Waals surface area contributed by atoms with Crippen molar-refractivity contribution in [3.8, 4) is 0 Å². The molecule has 0 radical (unpaired) electrons. The van der Waals surface area contributed by atoms with Crippen molar-refractivity contribution in [3.05, 3.63) is 29.8 Å². The minimum absolute atomic E-state index is 0.193. The maximum absolute atomic E-state index is 10.5. The summed E-state index contributed by atoms with van der Waals surface area (Å²) in [7, 11) is 3.99. The molecular weight excluding hydrogens is 186 g/mol. The Bertz CT molecular complexity index is 329. The Labute approximate surface area is 92.5 Å². The summed E-state index contributed by atoms with van der Waals surface area (Å²) in [6, 6.07) is 8.00. The van der Waals surface area contributed by atoms with E-state index < -0.39 is 5.60 Å². The Morgan fingerprint density at radius 2 is 1.73 bits per heavy atom. The molecule has 1 N–H and O–H groups in total.